The van der Waals surface area contributed by atoms with Gasteiger partial charge in [0.2, 0.25) is 0 Å². The van der Waals surface area contributed by atoms with E-state index in [0.717, 1.165) is 19.5 Å². The molecule has 0 aromatic carbocycles. The zero-order chi connectivity index (χ0) is 13.4. The van der Waals surface area contributed by atoms with Crippen LogP contribution in [0.5, 0.6) is 0 Å². The normalized spacial score (nSPS) is 12.0. The van der Waals surface area contributed by atoms with Crippen molar-refractivity contribution in [2.75, 3.05) is 13.1 Å². The Hall–Kier alpha value is -0.410. The smallest absolute Gasteiger partial charge is 0.0797 e. The van der Waals surface area contributed by atoms with Crippen LogP contribution >= 0.6 is 11.3 Å². The van der Waals surface area contributed by atoms with E-state index in [1.165, 1.54) is 36.3 Å². The van der Waals surface area contributed by atoms with Gasteiger partial charge < -0.3 is 5.32 Å². The van der Waals surface area contributed by atoms with Crippen LogP contribution in [0.3, 0.4) is 0 Å². The molecule has 0 spiro atoms. The second-order valence-corrected chi connectivity index (χ2v) is 6.85. The molecular formula is C15H28N2S. The standard InChI is InChI=1S/C15H28N2S/c1-5-6-7-9-15(3,4)11-16-10-8-14-13(2)17-12-18-14/h12,16H,5-11H2,1-4H3. The van der Waals surface area contributed by atoms with Crippen LogP contribution in [0.1, 0.15) is 57.0 Å². The van der Waals surface area contributed by atoms with E-state index in [-0.39, 0.29) is 0 Å². The molecule has 0 aliphatic rings. The van der Waals surface area contributed by atoms with Gasteiger partial charge in [-0.1, -0.05) is 40.0 Å². The van der Waals surface area contributed by atoms with E-state index in [1.54, 1.807) is 11.3 Å². The van der Waals surface area contributed by atoms with Crippen molar-refractivity contribution in [3.05, 3.63) is 16.1 Å². The summed E-state index contributed by atoms with van der Waals surface area (Å²) in [6, 6.07) is 0. The molecule has 18 heavy (non-hydrogen) atoms. The van der Waals surface area contributed by atoms with Crippen molar-refractivity contribution in [3.8, 4) is 0 Å². The molecule has 2 nitrogen and oxygen atoms in total. The van der Waals surface area contributed by atoms with E-state index in [9.17, 15) is 0 Å². The minimum absolute atomic E-state index is 0.428. The first kappa shape index (κ1) is 15.6. The van der Waals surface area contributed by atoms with Gasteiger partial charge in [0.15, 0.2) is 0 Å². The van der Waals surface area contributed by atoms with Crippen LogP contribution in [-0.2, 0) is 6.42 Å². The first-order valence-electron chi connectivity index (χ1n) is 7.15. The highest BCUT2D eigenvalue weighted by Crippen LogP contribution is 2.22. The summed E-state index contributed by atoms with van der Waals surface area (Å²) in [5.41, 5.74) is 3.57. The molecule has 104 valence electrons. The third-order valence-electron chi connectivity index (χ3n) is 3.43. The van der Waals surface area contributed by atoms with Crippen molar-refractivity contribution in [1.82, 2.24) is 10.3 Å². The maximum absolute atomic E-state index is 4.28. The van der Waals surface area contributed by atoms with E-state index < -0.39 is 0 Å². The van der Waals surface area contributed by atoms with Crippen molar-refractivity contribution in [3.63, 3.8) is 0 Å². The Balaban J connectivity index is 2.14. The molecule has 1 aromatic rings. The van der Waals surface area contributed by atoms with Gasteiger partial charge in [0.1, 0.15) is 0 Å². The van der Waals surface area contributed by atoms with Gasteiger partial charge in [-0.15, -0.1) is 11.3 Å². The Kier molecular flexibility index (Phi) is 6.87. The van der Waals surface area contributed by atoms with E-state index in [0.29, 0.717) is 5.41 Å². The number of hydrogen-bond acceptors (Lipinski definition) is 3. The number of aryl methyl sites for hydroxylation is 1. The van der Waals surface area contributed by atoms with E-state index in [4.69, 9.17) is 0 Å². The average Bonchev–Trinajstić information content (AvgIpc) is 2.71. The lowest BCUT2D eigenvalue weighted by atomic mass is 9.87. The Bertz CT molecular complexity index is 331. The summed E-state index contributed by atoms with van der Waals surface area (Å²) in [6.45, 7) is 11.3. The molecule has 1 N–H and O–H groups in total. The molecule has 1 rings (SSSR count). The molecule has 0 saturated heterocycles. The number of nitrogens with zero attached hydrogens (tertiary/aromatic N) is 1. The van der Waals surface area contributed by atoms with E-state index in [2.05, 4.69) is 38.0 Å². The number of rotatable bonds is 9. The molecule has 3 heteroatoms. The molecule has 0 amide bonds. The average molecular weight is 268 g/mol. The lowest BCUT2D eigenvalue weighted by Gasteiger charge is -2.25. The minimum Gasteiger partial charge on any atom is -0.316 e. The summed E-state index contributed by atoms with van der Waals surface area (Å²) in [4.78, 5) is 5.71. The van der Waals surface area contributed by atoms with Crippen LogP contribution in [0.4, 0.5) is 0 Å². The summed E-state index contributed by atoms with van der Waals surface area (Å²) < 4.78 is 0. The Morgan fingerprint density at radius 3 is 2.72 bits per heavy atom. The molecule has 0 unspecified atom stereocenters. The number of nitrogens with one attached hydrogen (secondary N) is 1. The molecule has 0 bridgehead atoms. The van der Waals surface area contributed by atoms with Gasteiger partial charge in [0.05, 0.1) is 11.2 Å². The molecular weight excluding hydrogens is 240 g/mol. The Morgan fingerprint density at radius 1 is 1.33 bits per heavy atom. The SMILES string of the molecule is CCCCCC(C)(C)CNCCc1scnc1C. The fourth-order valence-electron chi connectivity index (χ4n) is 2.14. The van der Waals surface area contributed by atoms with Crippen LogP contribution in [-0.4, -0.2) is 18.1 Å². The van der Waals surface area contributed by atoms with Crippen molar-refractivity contribution in [2.24, 2.45) is 5.41 Å². The van der Waals surface area contributed by atoms with Crippen LogP contribution in [0.15, 0.2) is 5.51 Å². The summed E-state index contributed by atoms with van der Waals surface area (Å²) in [5, 5.41) is 3.60. The number of hydrogen-bond donors (Lipinski definition) is 1. The summed E-state index contributed by atoms with van der Waals surface area (Å²) in [7, 11) is 0. The highest BCUT2D eigenvalue weighted by molar-refractivity contribution is 7.09. The van der Waals surface area contributed by atoms with Gasteiger partial charge in [-0.2, -0.15) is 0 Å². The number of aromatic nitrogens is 1. The van der Waals surface area contributed by atoms with Gasteiger partial charge >= 0.3 is 0 Å². The summed E-state index contributed by atoms with van der Waals surface area (Å²) >= 11 is 1.77. The monoisotopic (exact) mass is 268 g/mol. The van der Waals surface area contributed by atoms with E-state index >= 15 is 0 Å². The Labute approximate surface area is 116 Å². The number of unbranched alkanes of at least 4 members (excludes halogenated alkanes) is 2. The second kappa shape index (κ2) is 7.90. The van der Waals surface area contributed by atoms with Crippen LogP contribution in [0.25, 0.3) is 0 Å². The lowest BCUT2D eigenvalue weighted by molar-refractivity contribution is 0.303. The summed E-state index contributed by atoms with van der Waals surface area (Å²) in [5.74, 6) is 0. The molecule has 0 atom stereocenters. The lowest BCUT2D eigenvalue weighted by Crippen LogP contribution is -2.30. The van der Waals surface area contributed by atoms with Gasteiger partial charge in [-0.05, 0) is 25.2 Å². The molecule has 1 heterocycles. The molecule has 0 aliphatic carbocycles. The molecule has 1 aromatic heterocycles. The highest BCUT2D eigenvalue weighted by Gasteiger charge is 2.16. The maximum atomic E-state index is 4.28. The predicted molar refractivity (Wildman–Crippen MR) is 81.3 cm³/mol. The zero-order valence-electron chi connectivity index (χ0n) is 12.4. The third-order valence-corrected chi connectivity index (χ3v) is 4.43. The van der Waals surface area contributed by atoms with Crippen molar-refractivity contribution < 1.29 is 0 Å². The van der Waals surface area contributed by atoms with Gasteiger partial charge in [0.25, 0.3) is 0 Å². The Morgan fingerprint density at radius 2 is 2.11 bits per heavy atom. The molecule has 0 saturated carbocycles. The fraction of sp³-hybridized carbons (Fsp3) is 0.800. The van der Waals surface area contributed by atoms with Crippen molar-refractivity contribution in [2.45, 2.75) is 59.8 Å². The maximum Gasteiger partial charge on any atom is 0.0797 e. The quantitative estimate of drug-likeness (QED) is 0.679. The summed E-state index contributed by atoms with van der Waals surface area (Å²) in [6.07, 6.45) is 6.48. The largest absolute Gasteiger partial charge is 0.316 e. The van der Waals surface area contributed by atoms with Crippen LogP contribution < -0.4 is 5.32 Å². The van der Waals surface area contributed by atoms with Crippen molar-refractivity contribution in [1.29, 1.82) is 0 Å². The number of thiazole rings is 1. The first-order valence-corrected chi connectivity index (χ1v) is 8.03. The first-order chi connectivity index (χ1) is 8.55. The predicted octanol–water partition coefficient (Wildman–Crippen LogP) is 4.19. The minimum atomic E-state index is 0.428. The zero-order valence-corrected chi connectivity index (χ0v) is 13.2. The van der Waals surface area contributed by atoms with Crippen LogP contribution in [0.2, 0.25) is 0 Å². The van der Waals surface area contributed by atoms with Gasteiger partial charge in [-0.25, -0.2) is 4.98 Å². The molecule has 0 aliphatic heterocycles. The topological polar surface area (TPSA) is 24.9 Å². The third kappa shape index (κ3) is 5.96. The fourth-order valence-corrected chi connectivity index (χ4v) is 2.92. The molecule has 0 radical (unpaired) electrons. The van der Waals surface area contributed by atoms with Crippen molar-refractivity contribution >= 4 is 11.3 Å². The van der Waals surface area contributed by atoms with Gasteiger partial charge in [-0.3, -0.25) is 0 Å². The van der Waals surface area contributed by atoms with E-state index in [1.807, 2.05) is 5.51 Å². The second-order valence-electron chi connectivity index (χ2n) is 5.91. The van der Waals surface area contributed by atoms with Crippen LogP contribution in [0, 0.1) is 12.3 Å². The molecule has 0 fully saturated rings. The van der Waals surface area contributed by atoms with Gasteiger partial charge in [0, 0.05) is 18.0 Å². The highest BCUT2D eigenvalue weighted by atomic mass is 32.1.